The number of aryl methyl sites for hydroxylation is 1. The number of hydrogen-bond acceptors (Lipinski definition) is 2. The second-order valence-electron chi connectivity index (χ2n) is 4.74. The van der Waals surface area contributed by atoms with Crippen LogP contribution < -0.4 is 5.73 Å². The Bertz CT molecular complexity index is 706. The summed E-state index contributed by atoms with van der Waals surface area (Å²) in [4.78, 5) is 0. The molecule has 1 heterocycles. The van der Waals surface area contributed by atoms with E-state index in [0.29, 0.717) is 0 Å². The Balaban J connectivity index is 2.62. The maximum Gasteiger partial charge on any atom is 0.123 e. The van der Waals surface area contributed by atoms with Crippen molar-refractivity contribution in [2.24, 2.45) is 12.8 Å². The zero-order valence-corrected chi connectivity index (χ0v) is 12.2. The van der Waals surface area contributed by atoms with Crippen LogP contribution in [0.4, 0.5) is 4.39 Å². The van der Waals surface area contributed by atoms with Gasteiger partial charge in [0, 0.05) is 24.4 Å². The summed E-state index contributed by atoms with van der Waals surface area (Å²) < 4.78 is 14.8. The molecular formula is C17H18FN3. The Morgan fingerprint density at radius 3 is 2.57 bits per heavy atom. The van der Waals surface area contributed by atoms with E-state index in [4.69, 9.17) is 5.73 Å². The zero-order valence-electron chi connectivity index (χ0n) is 12.2. The Kier molecular flexibility index (Phi) is 4.38. The lowest BCUT2D eigenvalue weighted by molar-refractivity contribution is 0.628. The van der Waals surface area contributed by atoms with Gasteiger partial charge in [0.25, 0.3) is 0 Å². The van der Waals surface area contributed by atoms with Gasteiger partial charge in [0.05, 0.1) is 0 Å². The molecule has 0 bridgehead atoms. The summed E-state index contributed by atoms with van der Waals surface area (Å²) in [5, 5.41) is 4.48. The third kappa shape index (κ3) is 3.11. The lowest BCUT2D eigenvalue weighted by atomic mass is 9.96. The van der Waals surface area contributed by atoms with Gasteiger partial charge in [-0.25, -0.2) is 4.39 Å². The van der Waals surface area contributed by atoms with Crippen molar-refractivity contribution in [1.29, 1.82) is 0 Å². The highest BCUT2D eigenvalue weighted by atomic mass is 19.1. The topological polar surface area (TPSA) is 43.8 Å². The molecule has 4 heteroatoms. The molecule has 2 rings (SSSR count). The van der Waals surface area contributed by atoms with Gasteiger partial charge in [0.15, 0.2) is 0 Å². The highest BCUT2D eigenvalue weighted by molar-refractivity contribution is 5.86. The van der Waals surface area contributed by atoms with Crippen LogP contribution in [0.15, 0.2) is 61.0 Å². The van der Waals surface area contributed by atoms with Crippen molar-refractivity contribution in [3.63, 3.8) is 0 Å². The van der Waals surface area contributed by atoms with E-state index in [1.807, 2.05) is 26.2 Å². The van der Waals surface area contributed by atoms with Gasteiger partial charge < -0.3 is 5.73 Å². The molecule has 108 valence electrons. The second-order valence-corrected chi connectivity index (χ2v) is 4.74. The van der Waals surface area contributed by atoms with Crippen LogP contribution in [0, 0.1) is 5.82 Å². The number of nitrogens with two attached hydrogens (primary N) is 1. The minimum atomic E-state index is -0.267. The van der Waals surface area contributed by atoms with E-state index in [9.17, 15) is 4.39 Å². The summed E-state index contributed by atoms with van der Waals surface area (Å²) in [6.45, 7) is 5.67. The Labute approximate surface area is 123 Å². The van der Waals surface area contributed by atoms with Gasteiger partial charge in [-0.2, -0.15) is 5.10 Å². The average Bonchev–Trinajstić information content (AvgIpc) is 2.86. The lowest BCUT2D eigenvalue weighted by Crippen LogP contribution is -1.92. The maximum atomic E-state index is 13.1. The van der Waals surface area contributed by atoms with Crippen molar-refractivity contribution in [2.75, 3.05) is 0 Å². The van der Waals surface area contributed by atoms with Gasteiger partial charge in [-0.1, -0.05) is 18.7 Å². The fourth-order valence-electron chi connectivity index (χ4n) is 2.15. The molecule has 0 saturated carbocycles. The van der Waals surface area contributed by atoms with E-state index in [-0.39, 0.29) is 5.82 Å². The van der Waals surface area contributed by atoms with Crippen LogP contribution in [0.25, 0.3) is 16.8 Å². The molecule has 0 atom stereocenters. The Hall–Kier alpha value is -2.62. The van der Waals surface area contributed by atoms with Crippen LogP contribution in [-0.2, 0) is 7.05 Å². The third-order valence-corrected chi connectivity index (χ3v) is 3.20. The summed E-state index contributed by atoms with van der Waals surface area (Å²) >= 11 is 0. The number of benzene rings is 1. The molecule has 0 aliphatic carbocycles. The first-order chi connectivity index (χ1) is 10.1. The van der Waals surface area contributed by atoms with Crippen molar-refractivity contribution in [3.05, 3.63) is 72.3 Å². The van der Waals surface area contributed by atoms with Crippen molar-refractivity contribution in [3.8, 4) is 11.3 Å². The van der Waals surface area contributed by atoms with E-state index < -0.39 is 0 Å². The normalized spacial score (nSPS) is 12.5. The predicted molar refractivity (Wildman–Crippen MR) is 84.7 cm³/mol. The van der Waals surface area contributed by atoms with E-state index in [2.05, 4.69) is 11.7 Å². The summed E-state index contributed by atoms with van der Waals surface area (Å²) in [6.07, 6.45) is 7.07. The quantitative estimate of drug-likeness (QED) is 0.870. The fourth-order valence-corrected chi connectivity index (χ4v) is 2.15. The summed E-state index contributed by atoms with van der Waals surface area (Å²) in [5.74, 6) is -0.267. The molecule has 21 heavy (non-hydrogen) atoms. The van der Waals surface area contributed by atoms with Crippen LogP contribution >= 0.6 is 0 Å². The molecule has 0 aliphatic heterocycles. The van der Waals surface area contributed by atoms with Crippen LogP contribution in [0.5, 0.6) is 0 Å². The first-order valence-corrected chi connectivity index (χ1v) is 6.58. The van der Waals surface area contributed by atoms with Crippen LogP contribution in [-0.4, -0.2) is 9.78 Å². The van der Waals surface area contributed by atoms with Gasteiger partial charge in [-0.3, -0.25) is 4.68 Å². The maximum absolute atomic E-state index is 13.1. The molecule has 2 N–H and O–H groups in total. The summed E-state index contributed by atoms with van der Waals surface area (Å²) in [6, 6.07) is 6.29. The van der Waals surface area contributed by atoms with Gasteiger partial charge >= 0.3 is 0 Å². The zero-order chi connectivity index (χ0) is 15.4. The van der Waals surface area contributed by atoms with Gasteiger partial charge in [0.1, 0.15) is 11.5 Å². The average molecular weight is 283 g/mol. The molecule has 0 spiro atoms. The highest BCUT2D eigenvalue weighted by Gasteiger charge is 2.15. The molecule has 0 saturated heterocycles. The van der Waals surface area contributed by atoms with Crippen LogP contribution in [0.1, 0.15) is 12.5 Å². The largest absolute Gasteiger partial charge is 0.404 e. The van der Waals surface area contributed by atoms with Gasteiger partial charge in [0.2, 0.25) is 0 Å². The molecule has 0 radical (unpaired) electrons. The fraction of sp³-hybridized carbons (Fsp3) is 0.118. The first-order valence-electron chi connectivity index (χ1n) is 6.58. The predicted octanol–water partition coefficient (Wildman–Crippen LogP) is 3.66. The monoisotopic (exact) mass is 283 g/mol. The molecule has 0 aliphatic rings. The third-order valence-electron chi connectivity index (χ3n) is 3.20. The Morgan fingerprint density at radius 1 is 1.33 bits per heavy atom. The van der Waals surface area contributed by atoms with Crippen LogP contribution in [0.2, 0.25) is 0 Å². The number of rotatable bonds is 4. The second kappa shape index (κ2) is 6.22. The Morgan fingerprint density at radius 2 is 2.00 bits per heavy atom. The molecule has 0 unspecified atom stereocenters. The standard InChI is InChI=1S/C17H18FN3/c1-4-5-15(12(2)10-19)16-11-21(3)20-17(16)13-6-8-14(18)9-7-13/h4-11H,1,19H2,2-3H3/b12-10-,15-5+. The highest BCUT2D eigenvalue weighted by Crippen LogP contribution is 2.31. The minimum absolute atomic E-state index is 0.267. The van der Waals surface area contributed by atoms with E-state index in [1.165, 1.54) is 12.1 Å². The van der Waals surface area contributed by atoms with E-state index in [0.717, 1.165) is 28.0 Å². The molecule has 1 aromatic heterocycles. The van der Waals surface area contributed by atoms with Gasteiger partial charge in [-0.15, -0.1) is 0 Å². The summed E-state index contributed by atoms with van der Waals surface area (Å²) in [5.41, 5.74) is 10.1. The SMILES string of the molecule is C=C/C=C(\C(C)=C/N)c1cn(C)nc1-c1ccc(F)cc1. The number of aromatic nitrogens is 2. The number of nitrogens with zero attached hydrogens (tertiary/aromatic N) is 2. The first kappa shape index (κ1) is 14.8. The molecule has 1 aromatic carbocycles. The van der Waals surface area contributed by atoms with E-state index in [1.54, 1.807) is 29.1 Å². The molecular weight excluding hydrogens is 265 g/mol. The molecule has 2 aromatic rings. The van der Waals surface area contributed by atoms with Crippen LogP contribution in [0.3, 0.4) is 0 Å². The minimum Gasteiger partial charge on any atom is -0.404 e. The molecule has 0 fully saturated rings. The van der Waals surface area contributed by atoms with Crippen molar-refractivity contribution < 1.29 is 4.39 Å². The van der Waals surface area contributed by atoms with Gasteiger partial charge in [-0.05, 0) is 48.5 Å². The summed E-state index contributed by atoms with van der Waals surface area (Å²) in [7, 11) is 1.85. The smallest absolute Gasteiger partial charge is 0.123 e. The number of allylic oxidation sites excluding steroid dienone is 4. The van der Waals surface area contributed by atoms with Crippen molar-refractivity contribution in [1.82, 2.24) is 9.78 Å². The van der Waals surface area contributed by atoms with Crippen molar-refractivity contribution >= 4 is 5.57 Å². The molecule has 0 amide bonds. The molecule has 3 nitrogen and oxygen atoms in total. The van der Waals surface area contributed by atoms with Crippen molar-refractivity contribution in [2.45, 2.75) is 6.92 Å². The number of halogens is 1. The van der Waals surface area contributed by atoms with E-state index >= 15 is 0 Å². The number of hydrogen-bond donors (Lipinski definition) is 1. The lowest BCUT2D eigenvalue weighted by Gasteiger charge is -2.08.